The highest BCUT2D eigenvalue weighted by Gasteiger charge is 2.19. The molecule has 2 N–H and O–H groups in total. The fourth-order valence-electron chi connectivity index (χ4n) is 2.61. The van der Waals surface area contributed by atoms with Crippen molar-refractivity contribution in [1.29, 1.82) is 5.26 Å². The lowest BCUT2D eigenvalue weighted by molar-refractivity contribution is 0.475. The number of aromatic nitrogens is 3. The number of H-pyrrole nitrogens is 1. The zero-order valence-corrected chi connectivity index (χ0v) is 11.8. The monoisotopic (exact) mass is 302 g/mol. The molecule has 0 saturated heterocycles. The summed E-state index contributed by atoms with van der Waals surface area (Å²) in [6.07, 6.45) is 4.79. The number of pyridine rings is 1. The van der Waals surface area contributed by atoms with Crippen LogP contribution in [0.25, 0.3) is 33.4 Å². The smallest absolute Gasteiger partial charge is 0.156 e. The van der Waals surface area contributed by atoms with Crippen molar-refractivity contribution < 1.29 is 9.52 Å². The molecule has 0 aliphatic heterocycles. The molecule has 3 heterocycles. The Labute approximate surface area is 130 Å². The first-order valence-corrected chi connectivity index (χ1v) is 6.87. The van der Waals surface area contributed by atoms with Crippen LogP contribution in [-0.4, -0.2) is 20.3 Å². The van der Waals surface area contributed by atoms with Crippen LogP contribution >= 0.6 is 0 Å². The first-order valence-electron chi connectivity index (χ1n) is 6.87. The summed E-state index contributed by atoms with van der Waals surface area (Å²) in [6, 6.07) is 10.6. The van der Waals surface area contributed by atoms with Gasteiger partial charge in [-0.25, -0.2) is 4.98 Å². The van der Waals surface area contributed by atoms with Gasteiger partial charge in [0.1, 0.15) is 11.8 Å². The van der Waals surface area contributed by atoms with Crippen LogP contribution in [0.15, 0.2) is 53.5 Å². The average Bonchev–Trinajstić information content (AvgIpc) is 3.25. The van der Waals surface area contributed by atoms with Crippen LogP contribution in [0, 0.1) is 11.3 Å². The van der Waals surface area contributed by atoms with Crippen LogP contribution in [-0.2, 0) is 0 Å². The predicted molar refractivity (Wildman–Crippen MR) is 83.4 cm³/mol. The molecule has 4 aromatic rings. The van der Waals surface area contributed by atoms with Crippen LogP contribution in [0.2, 0.25) is 0 Å². The van der Waals surface area contributed by atoms with Gasteiger partial charge >= 0.3 is 0 Å². The number of nitrogens with zero attached hydrogens (tertiary/aromatic N) is 3. The van der Waals surface area contributed by atoms with Gasteiger partial charge in [-0.05, 0) is 30.3 Å². The minimum atomic E-state index is 0.157. The van der Waals surface area contributed by atoms with Gasteiger partial charge in [0, 0.05) is 22.1 Å². The number of furan rings is 1. The third-order valence-electron chi connectivity index (χ3n) is 3.66. The first-order chi connectivity index (χ1) is 11.3. The van der Waals surface area contributed by atoms with Gasteiger partial charge in [0.15, 0.2) is 5.65 Å². The Bertz CT molecular complexity index is 1030. The van der Waals surface area contributed by atoms with Crippen molar-refractivity contribution >= 4 is 11.0 Å². The summed E-state index contributed by atoms with van der Waals surface area (Å²) < 4.78 is 5.16. The van der Waals surface area contributed by atoms with Gasteiger partial charge < -0.3 is 9.52 Å². The van der Waals surface area contributed by atoms with Crippen LogP contribution in [0.3, 0.4) is 0 Å². The summed E-state index contributed by atoms with van der Waals surface area (Å²) in [5, 5.41) is 26.8. The molecule has 1 aromatic carbocycles. The molecule has 0 unspecified atom stereocenters. The Kier molecular flexibility index (Phi) is 2.85. The van der Waals surface area contributed by atoms with Crippen LogP contribution in [0.5, 0.6) is 5.75 Å². The number of fused-ring (bicyclic) bond motifs is 1. The van der Waals surface area contributed by atoms with E-state index in [-0.39, 0.29) is 5.75 Å². The maximum absolute atomic E-state index is 9.71. The molecule has 3 aromatic heterocycles. The van der Waals surface area contributed by atoms with Gasteiger partial charge in [-0.3, -0.25) is 5.10 Å². The van der Waals surface area contributed by atoms with Crippen LogP contribution in [0.4, 0.5) is 0 Å². The maximum Gasteiger partial charge on any atom is 0.156 e. The maximum atomic E-state index is 9.71. The molecule has 0 atom stereocenters. The van der Waals surface area contributed by atoms with Gasteiger partial charge in [0.05, 0.1) is 30.0 Å². The number of rotatable bonds is 2. The van der Waals surface area contributed by atoms with Gasteiger partial charge in [0.25, 0.3) is 0 Å². The van der Waals surface area contributed by atoms with Gasteiger partial charge in [0.2, 0.25) is 0 Å². The topological polar surface area (TPSA) is 98.7 Å². The van der Waals surface area contributed by atoms with E-state index in [1.54, 1.807) is 49.1 Å². The highest BCUT2D eigenvalue weighted by Crippen LogP contribution is 2.36. The molecule has 6 nitrogen and oxygen atoms in total. The predicted octanol–water partition coefficient (Wildman–Crippen LogP) is 3.46. The Morgan fingerprint density at radius 1 is 1.13 bits per heavy atom. The fraction of sp³-hybridized carbons (Fsp3) is 0. The van der Waals surface area contributed by atoms with Crippen molar-refractivity contribution in [3.63, 3.8) is 0 Å². The van der Waals surface area contributed by atoms with Crippen LogP contribution in [0.1, 0.15) is 5.56 Å². The van der Waals surface area contributed by atoms with Crippen molar-refractivity contribution in [3.05, 3.63) is 54.6 Å². The first kappa shape index (κ1) is 13.1. The van der Waals surface area contributed by atoms with E-state index in [1.807, 2.05) is 0 Å². The summed E-state index contributed by atoms with van der Waals surface area (Å²) in [5.41, 5.74) is 3.80. The molecule has 0 aliphatic carbocycles. The zero-order chi connectivity index (χ0) is 15.8. The number of phenolic OH excluding ortho intramolecular Hbond substituents is 1. The molecule has 110 valence electrons. The summed E-state index contributed by atoms with van der Waals surface area (Å²) >= 11 is 0. The summed E-state index contributed by atoms with van der Waals surface area (Å²) in [7, 11) is 0. The van der Waals surface area contributed by atoms with E-state index in [9.17, 15) is 10.4 Å². The molecule has 0 radical (unpaired) electrons. The third-order valence-corrected chi connectivity index (χ3v) is 3.66. The second-order valence-electron chi connectivity index (χ2n) is 5.01. The summed E-state index contributed by atoms with van der Waals surface area (Å²) in [5.74, 6) is 0.157. The lowest BCUT2D eigenvalue weighted by atomic mass is 9.96. The summed E-state index contributed by atoms with van der Waals surface area (Å²) in [4.78, 5) is 4.52. The Morgan fingerprint density at radius 2 is 1.96 bits per heavy atom. The van der Waals surface area contributed by atoms with Crippen molar-refractivity contribution in [2.45, 2.75) is 0 Å². The zero-order valence-electron chi connectivity index (χ0n) is 11.8. The number of hydrogen-bond acceptors (Lipinski definition) is 5. The Hall–Kier alpha value is -3.59. The minimum Gasteiger partial charge on any atom is -0.508 e. The third kappa shape index (κ3) is 2.03. The second kappa shape index (κ2) is 5.00. The lowest BCUT2D eigenvalue weighted by Crippen LogP contribution is -1.95. The van der Waals surface area contributed by atoms with E-state index < -0.39 is 0 Å². The number of nitriles is 1. The molecule has 0 spiro atoms. The molecule has 0 saturated carbocycles. The number of benzene rings is 1. The van der Waals surface area contributed by atoms with E-state index in [4.69, 9.17) is 4.42 Å². The van der Waals surface area contributed by atoms with Crippen molar-refractivity contribution in [3.8, 4) is 34.2 Å². The number of nitrogens with one attached hydrogen (secondary N) is 1. The van der Waals surface area contributed by atoms with E-state index in [0.717, 1.165) is 22.1 Å². The molecule has 6 heteroatoms. The number of aromatic hydroxyl groups is 1. The molecule has 4 rings (SSSR count). The quantitative estimate of drug-likeness (QED) is 0.590. The number of phenols is 1. The standard InChI is InChI=1S/C17H10N4O2/c18-7-13-15(11-5-6-23-9-11)14-8-19-21-17(14)20-16(13)10-1-3-12(22)4-2-10/h1-6,8-9,22H,(H,19,20,21). The van der Waals surface area contributed by atoms with Crippen molar-refractivity contribution in [2.24, 2.45) is 0 Å². The fourth-order valence-corrected chi connectivity index (χ4v) is 2.61. The number of aromatic amines is 1. The molecular weight excluding hydrogens is 292 g/mol. The molecule has 0 bridgehead atoms. The molecule has 0 fully saturated rings. The van der Waals surface area contributed by atoms with Gasteiger partial charge in [-0.1, -0.05) is 0 Å². The number of hydrogen-bond donors (Lipinski definition) is 2. The average molecular weight is 302 g/mol. The minimum absolute atomic E-state index is 0.157. The highest BCUT2D eigenvalue weighted by molar-refractivity contribution is 5.98. The summed E-state index contributed by atoms with van der Waals surface area (Å²) in [6.45, 7) is 0. The van der Waals surface area contributed by atoms with Crippen LogP contribution < -0.4 is 0 Å². The molecule has 23 heavy (non-hydrogen) atoms. The Morgan fingerprint density at radius 3 is 2.65 bits per heavy atom. The SMILES string of the molecule is N#Cc1c(-c2ccc(O)cc2)nc2[nH]ncc2c1-c1ccoc1. The van der Waals surface area contributed by atoms with Gasteiger partial charge in [-0.15, -0.1) is 0 Å². The van der Waals surface area contributed by atoms with Gasteiger partial charge in [-0.2, -0.15) is 10.4 Å². The van der Waals surface area contributed by atoms with E-state index in [1.165, 1.54) is 0 Å². The largest absolute Gasteiger partial charge is 0.508 e. The van der Waals surface area contributed by atoms with E-state index in [2.05, 4.69) is 21.3 Å². The lowest BCUT2D eigenvalue weighted by Gasteiger charge is -2.09. The highest BCUT2D eigenvalue weighted by atomic mass is 16.3. The van der Waals surface area contributed by atoms with Crippen molar-refractivity contribution in [1.82, 2.24) is 15.2 Å². The van der Waals surface area contributed by atoms with Crippen molar-refractivity contribution in [2.75, 3.05) is 0 Å². The van der Waals surface area contributed by atoms with E-state index >= 15 is 0 Å². The molecule has 0 aliphatic rings. The van der Waals surface area contributed by atoms with E-state index in [0.29, 0.717) is 16.9 Å². The molecule has 0 amide bonds. The normalized spacial score (nSPS) is 10.7. The Balaban J connectivity index is 2.09. The molecular formula is C17H10N4O2. The second-order valence-corrected chi connectivity index (χ2v) is 5.01.